The monoisotopic (exact) mass is 617 g/mol. The van der Waals surface area contributed by atoms with Gasteiger partial charge in [0.05, 0.1) is 23.9 Å². The Kier molecular flexibility index (Phi) is 7.15. The number of benzene rings is 2. The lowest BCUT2D eigenvalue weighted by molar-refractivity contribution is -0.149. The molecule has 1 aliphatic carbocycles. The third kappa shape index (κ3) is 5.44. The number of nitrogens with one attached hydrogen (secondary N) is 1. The van der Waals surface area contributed by atoms with Gasteiger partial charge in [-0.1, -0.05) is 11.6 Å². The van der Waals surface area contributed by atoms with Crippen LogP contribution in [0.1, 0.15) is 52.3 Å². The van der Waals surface area contributed by atoms with Crippen LogP contribution >= 0.6 is 11.6 Å². The molecular weight excluding hydrogens is 594 g/mol. The van der Waals surface area contributed by atoms with Crippen LogP contribution in [0.25, 0.3) is 22.2 Å². The summed E-state index contributed by atoms with van der Waals surface area (Å²) in [6.45, 7) is -1.08. The zero-order valence-electron chi connectivity index (χ0n) is 22.5. The van der Waals surface area contributed by atoms with Gasteiger partial charge in [0.25, 0.3) is 5.91 Å². The number of alkyl halides is 3. The fourth-order valence-corrected chi connectivity index (χ4v) is 5.29. The van der Waals surface area contributed by atoms with Crippen molar-refractivity contribution in [2.45, 2.75) is 36.9 Å². The summed E-state index contributed by atoms with van der Waals surface area (Å²) in [6.07, 6.45) is -1.11. The maximum absolute atomic E-state index is 14.5. The minimum absolute atomic E-state index is 0.0485. The topological polar surface area (TPSA) is 121 Å². The van der Waals surface area contributed by atoms with Gasteiger partial charge < -0.3 is 20.5 Å². The number of aromatic nitrogens is 3. The zero-order chi connectivity index (χ0) is 30.6. The van der Waals surface area contributed by atoms with Crippen LogP contribution in [0.15, 0.2) is 42.6 Å². The normalized spacial score (nSPS) is 16.9. The molecule has 14 heteroatoms. The van der Waals surface area contributed by atoms with E-state index in [0.29, 0.717) is 16.7 Å². The Balaban J connectivity index is 1.35. The molecule has 1 saturated carbocycles. The molecule has 43 heavy (non-hydrogen) atoms. The molecule has 3 heterocycles. The van der Waals surface area contributed by atoms with E-state index < -0.39 is 47.9 Å². The van der Waals surface area contributed by atoms with Crippen LogP contribution in [-0.2, 0) is 4.79 Å². The average Bonchev–Trinajstić information content (AvgIpc) is 3.57. The Hall–Kier alpha value is -4.39. The van der Waals surface area contributed by atoms with E-state index >= 15 is 0 Å². The smallest absolute Gasteiger partial charge is 0.398 e. The summed E-state index contributed by atoms with van der Waals surface area (Å²) in [5.41, 5.74) is 5.86. The van der Waals surface area contributed by atoms with Gasteiger partial charge in [-0.2, -0.15) is 18.3 Å². The fourth-order valence-electron chi connectivity index (χ4n) is 5.11. The third-order valence-corrected chi connectivity index (χ3v) is 7.83. The molecule has 2 atom stereocenters. The van der Waals surface area contributed by atoms with E-state index in [9.17, 15) is 27.2 Å². The van der Waals surface area contributed by atoms with Crippen LogP contribution in [0.4, 0.5) is 17.6 Å². The molecule has 6 rings (SSSR count). The Morgan fingerprint density at radius 2 is 2.00 bits per heavy atom. The molecule has 2 unspecified atom stereocenters. The maximum Gasteiger partial charge on any atom is 0.398 e. The molecule has 0 bridgehead atoms. The highest BCUT2D eigenvalue weighted by Crippen LogP contribution is 2.45. The van der Waals surface area contributed by atoms with Gasteiger partial charge >= 0.3 is 6.18 Å². The molecule has 2 aromatic carbocycles. The van der Waals surface area contributed by atoms with Crippen LogP contribution in [-0.4, -0.2) is 53.0 Å². The van der Waals surface area contributed by atoms with Gasteiger partial charge in [-0.3, -0.25) is 14.3 Å². The molecule has 4 aromatic rings. The summed E-state index contributed by atoms with van der Waals surface area (Å²) in [5.74, 6) is -5.26. The number of ether oxygens (including phenoxy) is 2. The number of amides is 2. The number of carbonyl (C=O) groups is 2. The molecule has 9 nitrogen and oxygen atoms in total. The molecule has 0 saturated heterocycles. The third-order valence-electron chi connectivity index (χ3n) is 7.54. The van der Waals surface area contributed by atoms with Gasteiger partial charge in [0.2, 0.25) is 5.91 Å². The van der Waals surface area contributed by atoms with Crippen molar-refractivity contribution in [2.24, 2.45) is 5.73 Å². The lowest BCUT2D eigenvalue weighted by Gasteiger charge is -2.22. The van der Waals surface area contributed by atoms with E-state index in [4.69, 9.17) is 26.8 Å². The summed E-state index contributed by atoms with van der Waals surface area (Å²) >= 11 is 5.93. The summed E-state index contributed by atoms with van der Waals surface area (Å²) < 4.78 is 70.2. The van der Waals surface area contributed by atoms with Crippen molar-refractivity contribution < 1.29 is 36.6 Å². The van der Waals surface area contributed by atoms with Gasteiger partial charge in [0, 0.05) is 34.8 Å². The summed E-state index contributed by atoms with van der Waals surface area (Å²) in [4.78, 5) is 29.5. The van der Waals surface area contributed by atoms with Crippen LogP contribution in [0.3, 0.4) is 0 Å². The molecular formula is C29H24ClF4N5O4. The van der Waals surface area contributed by atoms with Crippen molar-refractivity contribution in [2.75, 3.05) is 20.3 Å². The minimum atomic E-state index is -4.86. The first-order chi connectivity index (χ1) is 20.4. The quantitative estimate of drug-likeness (QED) is 0.260. The summed E-state index contributed by atoms with van der Waals surface area (Å²) in [7, 11) is 1.42. The van der Waals surface area contributed by atoms with Crippen molar-refractivity contribution in [1.82, 2.24) is 20.1 Å². The second kappa shape index (κ2) is 10.7. The highest BCUT2D eigenvalue weighted by Gasteiger charge is 2.44. The van der Waals surface area contributed by atoms with Crippen molar-refractivity contribution in [3.8, 4) is 22.8 Å². The van der Waals surface area contributed by atoms with E-state index in [1.54, 1.807) is 16.9 Å². The Labute approximate surface area is 246 Å². The molecule has 2 amide bonds. The number of halogens is 5. The zero-order valence-corrected chi connectivity index (χ0v) is 23.3. The lowest BCUT2D eigenvalue weighted by Crippen LogP contribution is -2.35. The van der Waals surface area contributed by atoms with E-state index in [1.807, 2.05) is 0 Å². The lowest BCUT2D eigenvalue weighted by atomic mass is 9.94. The van der Waals surface area contributed by atoms with Crippen molar-refractivity contribution in [3.05, 3.63) is 70.3 Å². The number of rotatable bonds is 8. The summed E-state index contributed by atoms with van der Waals surface area (Å²) in [6, 6.07) is 7.87. The van der Waals surface area contributed by atoms with E-state index in [1.165, 1.54) is 25.3 Å². The Morgan fingerprint density at radius 1 is 1.23 bits per heavy atom. The second-order valence-corrected chi connectivity index (χ2v) is 10.9. The maximum atomic E-state index is 14.5. The van der Waals surface area contributed by atoms with Crippen molar-refractivity contribution in [3.63, 3.8) is 0 Å². The highest BCUT2D eigenvalue weighted by atomic mass is 35.5. The first-order valence-electron chi connectivity index (χ1n) is 13.3. The largest absolute Gasteiger partial charge is 0.494 e. The van der Waals surface area contributed by atoms with E-state index in [2.05, 4.69) is 15.4 Å². The van der Waals surface area contributed by atoms with E-state index in [0.717, 1.165) is 25.0 Å². The van der Waals surface area contributed by atoms with Crippen LogP contribution in [0.5, 0.6) is 11.5 Å². The molecule has 2 aromatic heterocycles. The average molecular weight is 618 g/mol. The van der Waals surface area contributed by atoms with Gasteiger partial charge in [-0.05, 0) is 49.2 Å². The first-order valence-corrected chi connectivity index (χ1v) is 13.7. The van der Waals surface area contributed by atoms with Gasteiger partial charge in [0.1, 0.15) is 47.0 Å². The minimum Gasteiger partial charge on any atom is -0.494 e. The number of hydrogen-bond donors (Lipinski definition) is 2. The molecule has 1 aliphatic heterocycles. The number of fused-ring (bicyclic) bond motifs is 2. The van der Waals surface area contributed by atoms with E-state index in [-0.39, 0.29) is 45.8 Å². The first kappa shape index (κ1) is 28.7. The van der Waals surface area contributed by atoms with Gasteiger partial charge in [-0.15, -0.1) is 0 Å². The summed E-state index contributed by atoms with van der Waals surface area (Å²) in [5, 5.41) is 7.21. The number of hydrogen-bond acceptors (Lipinski definition) is 6. The fraction of sp³-hybridized carbons (Fsp3) is 0.310. The SMILES string of the molecule is COc1cc(C(=O)NCC(c2cc3c(c(-c4ccc(F)c(Cl)c4)n2)OCC3C(N)=O)C(F)(F)F)cc2cn(C3CC3)nc12. The standard InChI is InChI=1S/C29H24ClF4N5O4/c1-42-23-8-14(6-15-11-39(16-3-4-16)38-24(15)23)28(41)36-10-19(29(32,33)34)22-9-17-18(27(35)40)12-43-26(17)25(37-22)13-2-5-21(31)20(30)7-13/h2,5-9,11,16,18-19H,3-4,10,12H2,1H3,(H2,35,40)(H,36,41). The predicted octanol–water partition coefficient (Wildman–Crippen LogP) is 5.27. The van der Waals surface area contributed by atoms with Gasteiger partial charge in [0.15, 0.2) is 0 Å². The second-order valence-electron chi connectivity index (χ2n) is 10.5. The van der Waals surface area contributed by atoms with Crippen LogP contribution in [0, 0.1) is 5.82 Å². The molecule has 1 fully saturated rings. The number of nitrogens with zero attached hydrogens (tertiary/aromatic N) is 3. The number of nitrogens with two attached hydrogens (primary N) is 1. The highest BCUT2D eigenvalue weighted by molar-refractivity contribution is 6.31. The number of carbonyl (C=O) groups excluding carboxylic acids is 2. The van der Waals surface area contributed by atoms with Crippen molar-refractivity contribution >= 4 is 34.3 Å². The molecule has 224 valence electrons. The molecule has 0 spiro atoms. The molecule has 3 N–H and O–H groups in total. The Morgan fingerprint density at radius 3 is 2.65 bits per heavy atom. The number of pyridine rings is 1. The predicted molar refractivity (Wildman–Crippen MR) is 148 cm³/mol. The molecule has 2 aliphatic rings. The number of primary amides is 1. The number of methoxy groups -OCH3 is 1. The molecule has 0 radical (unpaired) electrons. The van der Waals surface area contributed by atoms with Crippen LogP contribution in [0.2, 0.25) is 5.02 Å². The Bertz CT molecular complexity index is 1770. The van der Waals surface area contributed by atoms with Gasteiger partial charge in [-0.25, -0.2) is 9.37 Å². The van der Waals surface area contributed by atoms with Crippen molar-refractivity contribution in [1.29, 1.82) is 0 Å². The van der Waals surface area contributed by atoms with Crippen LogP contribution < -0.4 is 20.5 Å².